The maximum atomic E-state index is 12.7. The van der Waals surface area contributed by atoms with Gasteiger partial charge in [0.2, 0.25) is 11.4 Å². The van der Waals surface area contributed by atoms with Crippen LogP contribution in [0.15, 0.2) is 0 Å². The van der Waals surface area contributed by atoms with E-state index in [4.69, 9.17) is 10.8 Å². The molecular formula is C8H10F3N4O4+. The van der Waals surface area contributed by atoms with Gasteiger partial charge in [0.1, 0.15) is 0 Å². The van der Waals surface area contributed by atoms with Crippen molar-refractivity contribution in [2.75, 3.05) is 13.7 Å². The molecule has 8 nitrogen and oxygen atoms in total. The number of aliphatic hydroxyl groups excluding tert-OH is 1. The number of nitrogens with two attached hydrogens (primary N) is 1. The van der Waals surface area contributed by atoms with Gasteiger partial charge in [0, 0.05) is 0 Å². The van der Waals surface area contributed by atoms with Gasteiger partial charge >= 0.3 is 11.9 Å². The third-order valence-electron chi connectivity index (χ3n) is 2.09. The van der Waals surface area contributed by atoms with Crippen LogP contribution in [-0.2, 0) is 17.6 Å². The molecule has 3 N–H and O–H groups in total. The van der Waals surface area contributed by atoms with Crippen LogP contribution in [0.4, 0.5) is 18.9 Å². The van der Waals surface area contributed by atoms with Crippen LogP contribution in [0.25, 0.3) is 0 Å². The Balaban J connectivity index is 3.60. The van der Waals surface area contributed by atoms with Crippen molar-refractivity contribution in [1.82, 2.24) is 9.78 Å². The molecule has 0 atom stereocenters. The lowest BCUT2D eigenvalue weighted by Crippen LogP contribution is -2.20. The normalized spacial score (nSPS) is 11.4. The quantitative estimate of drug-likeness (QED) is 0.737. The van der Waals surface area contributed by atoms with Crippen molar-refractivity contribution in [2.24, 2.45) is 5.73 Å². The molecule has 0 aliphatic heterocycles. The number of nitrogens with zero attached hydrogens (tertiary/aromatic N) is 3. The first-order chi connectivity index (χ1) is 8.73. The molecule has 0 bridgehead atoms. The summed E-state index contributed by atoms with van der Waals surface area (Å²) in [6.45, 7) is -1.02. The summed E-state index contributed by atoms with van der Waals surface area (Å²) < 4.78 is 38.7. The number of hydrogen-bond donors (Lipinski definition) is 2. The summed E-state index contributed by atoms with van der Waals surface area (Å²) in [7, 11) is 0.821. The van der Waals surface area contributed by atoms with Gasteiger partial charge in [-0.25, -0.2) is 4.84 Å². The standard InChI is InChI=1S/C8H9F3N4O4/c1-19-15(18)4-5(7(12)17)14(2-3-16)13-6(4)8(9,10)11/h16H,2-3H2,1H3,(H-,12,17)/p+1. The van der Waals surface area contributed by atoms with E-state index in [1.165, 1.54) is 0 Å². The molecular weight excluding hydrogens is 273 g/mol. The number of amides is 1. The fraction of sp³-hybridized carbons (Fsp3) is 0.500. The molecule has 0 spiro atoms. The summed E-state index contributed by atoms with van der Waals surface area (Å²) in [6, 6.07) is 0. The molecule has 19 heavy (non-hydrogen) atoms. The Morgan fingerprint density at radius 2 is 2.16 bits per heavy atom. The first-order valence-corrected chi connectivity index (χ1v) is 4.84. The van der Waals surface area contributed by atoms with Crippen LogP contribution in [0, 0.1) is 4.91 Å². The molecule has 0 saturated heterocycles. The number of aromatic nitrogens is 2. The van der Waals surface area contributed by atoms with Gasteiger partial charge in [-0.1, -0.05) is 0 Å². The lowest BCUT2D eigenvalue weighted by atomic mass is 10.2. The van der Waals surface area contributed by atoms with Crippen LogP contribution < -0.4 is 5.73 Å². The van der Waals surface area contributed by atoms with E-state index in [9.17, 15) is 22.9 Å². The van der Waals surface area contributed by atoms with Gasteiger partial charge < -0.3 is 10.8 Å². The molecule has 11 heteroatoms. The number of alkyl halides is 3. The zero-order valence-corrected chi connectivity index (χ0v) is 9.64. The van der Waals surface area contributed by atoms with Crippen molar-refractivity contribution in [3.05, 3.63) is 16.3 Å². The molecule has 106 valence electrons. The molecule has 0 aliphatic rings. The van der Waals surface area contributed by atoms with Gasteiger partial charge in [0.05, 0.1) is 18.1 Å². The van der Waals surface area contributed by atoms with Gasteiger partial charge in [-0.05, 0) is 0 Å². The topological polar surface area (TPSA) is 110 Å². The van der Waals surface area contributed by atoms with E-state index >= 15 is 0 Å². The largest absolute Gasteiger partial charge is 0.442 e. The maximum absolute atomic E-state index is 12.7. The number of halogens is 3. The Kier molecular flexibility index (Phi) is 4.09. The van der Waals surface area contributed by atoms with Crippen molar-refractivity contribution >= 4 is 11.6 Å². The van der Waals surface area contributed by atoms with E-state index in [0.29, 0.717) is 4.68 Å². The smallest absolute Gasteiger partial charge is 0.394 e. The zero-order chi connectivity index (χ0) is 14.8. The van der Waals surface area contributed by atoms with Gasteiger partial charge in [-0.3, -0.25) is 9.48 Å². The highest BCUT2D eigenvalue weighted by Gasteiger charge is 2.48. The third-order valence-corrected chi connectivity index (χ3v) is 2.09. The van der Waals surface area contributed by atoms with Gasteiger partial charge in [-0.2, -0.15) is 18.3 Å². The predicted octanol–water partition coefficient (Wildman–Crippen LogP) is -0.0351. The van der Waals surface area contributed by atoms with E-state index in [1.54, 1.807) is 0 Å². The Morgan fingerprint density at radius 3 is 2.53 bits per heavy atom. The fourth-order valence-corrected chi connectivity index (χ4v) is 1.41. The summed E-state index contributed by atoms with van der Waals surface area (Å²) in [5.41, 5.74) is 1.37. The van der Waals surface area contributed by atoms with Crippen LogP contribution in [0.2, 0.25) is 0 Å². The molecule has 1 amide bonds. The van der Waals surface area contributed by atoms with E-state index < -0.39 is 47.2 Å². The van der Waals surface area contributed by atoms with Crippen LogP contribution in [0.3, 0.4) is 0 Å². The van der Waals surface area contributed by atoms with Crippen molar-refractivity contribution in [1.29, 1.82) is 0 Å². The highest BCUT2D eigenvalue weighted by molar-refractivity contribution is 5.95. The summed E-state index contributed by atoms with van der Waals surface area (Å²) in [4.78, 5) is 26.1. The average molecular weight is 283 g/mol. The first-order valence-electron chi connectivity index (χ1n) is 4.84. The molecule has 0 saturated carbocycles. The number of carbonyl (C=O) groups is 1. The van der Waals surface area contributed by atoms with Gasteiger partial charge in [-0.15, -0.1) is 0 Å². The minimum atomic E-state index is -4.98. The molecule has 0 radical (unpaired) electrons. The number of aliphatic hydroxyl groups is 1. The van der Waals surface area contributed by atoms with Crippen molar-refractivity contribution < 1.29 is 32.8 Å². The second-order valence-electron chi connectivity index (χ2n) is 3.29. The van der Waals surface area contributed by atoms with E-state index in [-0.39, 0.29) is 0 Å². The molecule has 1 heterocycles. The van der Waals surface area contributed by atoms with Crippen LogP contribution in [0.5, 0.6) is 0 Å². The molecule has 0 fully saturated rings. The summed E-state index contributed by atoms with van der Waals surface area (Å²) in [5, 5.41) is 11.8. The lowest BCUT2D eigenvalue weighted by molar-refractivity contribution is -0.737. The first kappa shape index (κ1) is 14.9. The van der Waals surface area contributed by atoms with Crippen LogP contribution in [-0.4, -0.2) is 39.4 Å². The zero-order valence-electron chi connectivity index (χ0n) is 9.64. The molecule has 0 aromatic carbocycles. The Morgan fingerprint density at radius 1 is 1.58 bits per heavy atom. The number of rotatable bonds is 5. The SMILES string of the molecule is CO[N+](=O)c1c(C(F)(F)F)nn(CCO)c1C(N)=O. The summed E-state index contributed by atoms with van der Waals surface area (Å²) in [5.74, 6) is -1.30. The Bertz CT molecular complexity index is 511. The van der Waals surface area contributed by atoms with Crippen LogP contribution in [0.1, 0.15) is 16.2 Å². The van der Waals surface area contributed by atoms with E-state index in [0.717, 1.165) is 7.11 Å². The average Bonchev–Trinajstić information content (AvgIpc) is 2.67. The molecule has 1 rings (SSSR count). The van der Waals surface area contributed by atoms with Crippen molar-refractivity contribution in [2.45, 2.75) is 12.7 Å². The van der Waals surface area contributed by atoms with E-state index in [2.05, 4.69) is 9.94 Å². The Labute approximate surface area is 104 Å². The molecule has 1 aromatic heterocycles. The number of primary amides is 1. The number of carbonyl (C=O) groups excluding carboxylic acids is 1. The van der Waals surface area contributed by atoms with E-state index in [1.807, 2.05) is 0 Å². The summed E-state index contributed by atoms with van der Waals surface area (Å²) in [6.07, 6.45) is -4.98. The lowest BCUT2D eigenvalue weighted by Gasteiger charge is -2.00. The fourth-order valence-electron chi connectivity index (χ4n) is 1.41. The van der Waals surface area contributed by atoms with Gasteiger partial charge in [0.25, 0.3) is 10.8 Å². The van der Waals surface area contributed by atoms with Crippen molar-refractivity contribution in [3.8, 4) is 0 Å². The molecule has 0 aliphatic carbocycles. The molecule has 0 unspecified atom stereocenters. The highest BCUT2D eigenvalue weighted by Crippen LogP contribution is 2.37. The maximum Gasteiger partial charge on any atom is 0.442 e. The number of hydrogen-bond acceptors (Lipinski definition) is 5. The predicted molar refractivity (Wildman–Crippen MR) is 53.1 cm³/mol. The third kappa shape index (κ3) is 2.81. The Hall–Kier alpha value is -2.17. The monoisotopic (exact) mass is 283 g/mol. The van der Waals surface area contributed by atoms with Crippen molar-refractivity contribution in [3.63, 3.8) is 0 Å². The highest BCUT2D eigenvalue weighted by atomic mass is 19.4. The minimum absolute atomic E-state index is 0.432. The van der Waals surface area contributed by atoms with Crippen LogP contribution >= 0.6 is 0 Å². The second-order valence-corrected chi connectivity index (χ2v) is 3.29. The summed E-state index contributed by atoms with van der Waals surface area (Å²) >= 11 is 0. The minimum Gasteiger partial charge on any atom is -0.394 e. The van der Waals surface area contributed by atoms with Gasteiger partial charge in [0.15, 0.2) is 7.11 Å². The second kappa shape index (κ2) is 5.22. The molecule has 1 aromatic rings.